The van der Waals surface area contributed by atoms with Gasteiger partial charge in [-0.1, -0.05) is 30.3 Å². The normalized spacial score (nSPS) is 28.4. The Hall–Kier alpha value is -3.16. The SMILES string of the molecule is NS(=O)(=O)OC1[C@H]2C[C@@H](Nc3ccnc4cc(-c5cccc6c(F)cccc56)nn34)[C@H](O)[C@@]12O. The number of nitrogens with two attached hydrogens (primary N) is 1. The van der Waals surface area contributed by atoms with Gasteiger partial charge in [0.25, 0.3) is 0 Å². The molecule has 0 bridgehead atoms. The first-order valence-corrected chi connectivity index (χ1v) is 12.0. The van der Waals surface area contributed by atoms with E-state index in [1.165, 1.54) is 6.07 Å². The topological polar surface area (TPSA) is 152 Å². The highest BCUT2D eigenvalue weighted by Gasteiger charge is 2.76. The molecule has 0 radical (unpaired) electrons. The summed E-state index contributed by atoms with van der Waals surface area (Å²) in [5.41, 5.74) is 0.166. The number of rotatable bonds is 5. The third-order valence-electron chi connectivity index (χ3n) is 6.74. The Morgan fingerprint density at radius 2 is 1.97 bits per heavy atom. The summed E-state index contributed by atoms with van der Waals surface area (Å²) in [4.78, 5) is 4.34. The van der Waals surface area contributed by atoms with Crippen molar-refractivity contribution >= 4 is 32.5 Å². The molecule has 2 aliphatic rings. The van der Waals surface area contributed by atoms with Crippen LogP contribution >= 0.6 is 0 Å². The van der Waals surface area contributed by atoms with Crippen molar-refractivity contribution in [3.8, 4) is 11.3 Å². The lowest BCUT2D eigenvalue weighted by Crippen LogP contribution is -2.43. The van der Waals surface area contributed by atoms with Crippen LogP contribution in [0.3, 0.4) is 0 Å². The number of aromatic nitrogens is 3. The monoisotopic (exact) mass is 485 g/mol. The summed E-state index contributed by atoms with van der Waals surface area (Å²) in [6.45, 7) is 0. The predicted molar refractivity (Wildman–Crippen MR) is 120 cm³/mol. The zero-order valence-corrected chi connectivity index (χ0v) is 18.4. The van der Waals surface area contributed by atoms with E-state index in [1.807, 2.05) is 12.1 Å². The number of halogens is 1. The number of hydrogen-bond donors (Lipinski definition) is 4. The van der Waals surface area contributed by atoms with Crippen LogP contribution in [0, 0.1) is 11.7 Å². The van der Waals surface area contributed by atoms with Crippen LogP contribution in [-0.4, -0.2) is 57.1 Å². The van der Waals surface area contributed by atoms with Crippen molar-refractivity contribution in [2.45, 2.75) is 30.3 Å². The summed E-state index contributed by atoms with van der Waals surface area (Å²) in [6, 6.07) is 13.1. The molecule has 12 heteroatoms. The minimum absolute atomic E-state index is 0.262. The van der Waals surface area contributed by atoms with Crippen molar-refractivity contribution in [3.63, 3.8) is 0 Å². The minimum Gasteiger partial charge on any atom is -0.388 e. The highest BCUT2D eigenvalue weighted by Crippen LogP contribution is 2.58. The molecule has 0 aliphatic heterocycles. The molecular formula is C22H20FN5O5S. The van der Waals surface area contributed by atoms with Crippen LogP contribution in [0.4, 0.5) is 10.2 Å². The van der Waals surface area contributed by atoms with Crippen LogP contribution in [-0.2, 0) is 14.5 Å². The van der Waals surface area contributed by atoms with Crippen LogP contribution < -0.4 is 10.5 Å². The second-order valence-electron chi connectivity index (χ2n) is 8.70. The fourth-order valence-electron chi connectivity index (χ4n) is 5.10. The van der Waals surface area contributed by atoms with Crippen LogP contribution in [0.15, 0.2) is 54.7 Å². The third kappa shape index (κ3) is 3.18. The lowest BCUT2D eigenvalue weighted by atomic mass is 10.0. The first kappa shape index (κ1) is 21.4. The number of nitrogens with zero attached hydrogens (tertiary/aromatic N) is 3. The fourth-order valence-corrected chi connectivity index (χ4v) is 5.68. The fraction of sp³-hybridized carbons (Fsp3) is 0.273. The molecule has 4 aromatic rings. The number of aliphatic hydroxyl groups excluding tert-OH is 1. The van der Waals surface area contributed by atoms with Crippen LogP contribution in [0.2, 0.25) is 0 Å². The largest absolute Gasteiger partial charge is 0.388 e. The van der Waals surface area contributed by atoms with E-state index in [1.54, 1.807) is 41.0 Å². The van der Waals surface area contributed by atoms with E-state index >= 15 is 0 Å². The van der Waals surface area contributed by atoms with E-state index in [-0.39, 0.29) is 12.2 Å². The zero-order chi connectivity index (χ0) is 23.8. The molecule has 2 aromatic heterocycles. The number of anilines is 1. The number of aliphatic hydroxyl groups is 2. The first-order chi connectivity index (χ1) is 16.2. The van der Waals surface area contributed by atoms with Crippen molar-refractivity contribution in [2.75, 3.05) is 5.32 Å². The van der Waals surface area contributed by atoms with E-state index in [0.717, 1.165) is 10.9 Å². The molecule has 2 aliphatic carbocycles. The van der Waals surface area contributed by atoms with Crippen LogP contribution in [0.5, 0.6) is 0 Å². The molecule has 176 valence electrons. The molecule has 34 heavy (non-hydrogen) atoms. The van der Waals surface area contributed by atoms with E-state index in [2.05, 4.69) is 15.4 Å². The highest BCUT2D eigenvalue weighted by molar-refractivity contribution is 7.84. The molecular weight excluding hydrogens is 465 g/mol. The maximum absolute atomic E-state index is 14.3. The Kier molecular flexibility index (Phi) is 4.51. The van der Waals surface area contributed by atoms with Gasteiger partial charge in [0, 0.05) is 29.1 Å². The Morgan fingerprint density at radius 1 is 1.21 bits per heavy atom. The number of fused-ring (bicyclic) bond motifs is 3. The van der Waals surface area contributed by atoms with Crippen molar-refractivity contribution in [3.05, 3.63) is 60.5 Å². The van der Waals surface area contributed by atoms with Gasteiger partial charge in [0.05, 0.1) is 11.7 Å². The van der Waals surface area contributed by atoms with Gasteiger partial charge in [0.2, 0.25) is 0 Å². The van der Waals surface area contributed by atoms with Gasteiger partial charge in [-0.05, 0) is 23.9 Å². The number of nitrogens with one attached hydrogen (secondary N) is 1. The molecule has 0 spiro atoms. The smallest absolute Gasteiger partial charge is 0.333 e. The summed E-state index contributed by atoms with van der Waals surface area (Å²) in [5, 5.41) is 35.3. The standard InChI is InChI=1S/C22H20FN5O5S/c23-15-6-2-3-11-12(15)4-1-5-13(11)16-10-19-25-8-7-18(28(19)27-16)26-17-9-14-21(33-34(24,31)32)22(14,30)20(17)29/h1-8,10,14,17,20-21,26,29-30H,9H2,(H2,24,31,32)/t14-,17-,20+,21?,22-/m1/s1. The van der Waals surface area contributed by atoms with E-state index in [9.17, 15) is 23.0 Å². The van der Waals surface area contributed by atoms with Crippen LogP contribution in [0.1, 0.15) is 6.42 Å². The lowest BCUT2D eigenvalue weighted by molar-refractivity contribution is -0.0205. The Balaban J connectivity index is 1.31. The number of benzene rings is 2. The quantitative estimate of drug-likeness (QED) is 0.329. The second kappa shape index (κ2) is 7.17. The van der Waals surface area contributed by atoms with Crippen molar-refractivity contribution in [1.82, 2.24) is 14.6 Å². The summed E-state index contributed by atoms with van der Waals surface area (Å²) < 4.78 is 42.9. The molecule has 10 nitrogen and oxygen atoms in total. The van der Waals surface area contributed by atoms with E-state index in [4.69, 9.17) is 9.32 Å². The van der Waals surface area contributed by atoms with Crippen LogP contribution in [0.25, 0.3) is 27.7 Å². The van der Waals surface area contributed by atoms with Crippen molar-refractivity contribution in [1.29, 1.82) is 0 Å². The molecule has 2 saturated carbocycles. The summed E-state index contributed by atoms with van der Waals surface area (Å²) in [7, 11) is -4.25. The Morgan fingerprint density at radius 3 is 2.71 bits per heavy atom. The van der Waals surface area contributed by atoms with Gasteiger partial charge in [-0.2, -0.15) is 18.0 Å². The maximum atomic E-state index is 14.3. The lowest BCUT2D eigenvalue weighted by Gasteiger charge is -2.24. The molecule has 2 fully saturated rings. The summed E-state index contributed by atoms with van der Waals surface area (Å²) in [6.07, 6.45) is -0.520. The number of hydrogen-bond acceptors (Lipinski definition) is 8. The van der Waals surface area contributed by atoms with E-state index < -0.39 is 40.1 Å². The molecule has 6 rings (SSSR count). The van der Waals surface area contributed by atoms with Gasteiger partial charge in [0.1, 0.15) is 29.4 Å². The molecule has 1 unspecified atom stereocenters. The molecule has 2 heterocycles. The Labute approximate surface area is 193 Å². The van der Waals surface area contributed by atoms with Gasteiger partial charge in [0.15, 0.2) is 5.65 Å². The second-order valence-corrected chi connectivity index (χ2v) is 9.88. The molecule has 5 N–H and O–H groups in total. The van der Waals surface area contributed by atoms with Gasteiger partial charge in [-0.25, -0.2) is 14.5 Å². The maximum Gasteiger partial charge on any atom is 0.333 e. The minimum atomic E-state index is -4.25. The molecule has 0 amide bonds. The predicted octanol–water partition coefficient (Wildman–Crippen LogP) is 1.18. The zero-order valence-electron chi connectivity index (χ0n) is 17.5. The average molecular weight is 485 g/mol. The summed E-state index contributed by atoms with van der Waals surface area (Å²) in [5.74, 6) is -0.380. The molecule has 2 aromatic carbocycles. The highest BCUT2D eigenvalue weighted by atomic mass is 32.2. The molecule has 5 atom stereocenters. The average Bonchev–Trinajstić information content (AvgIpc) is 3.09. The van der Waals surface area contributed by atoms with E-state index in [0.29, 0.717) is 22.5 Å². The molecule has 0 saturated heterocycles. The van der Waals surface area contributed by atoms with Crippen molar-refractivity contribution in [2.24, 2.45) is 11.1 Å². The van der Waals surface area contributed by atoms with Gasteiger partial charge >= 0.3 is 10.3 Å². The van der Waals surface area contributed by atoms with Gasteiger partial charge in [-0.3, -0.25) is 4.18 Å². The van der Waals surface area contributed by atoms with Gasteiger partial charge in [-0.15, -0.1) is 0 Å². The van der Waals surface area contributed by atoms with Gasteiger partial charge < -0.3 is 15.5 Å². The van der Waals surface area contributed by atoms with Crippen molar-refractivity contribution < 1.29 is 27.2 Å². The third-order valence-corrected chi connectivity index (χ3v) is 7.22. The first-order valence-electron chi connectivity index (χ1n) is 10.6. The summed E-state index contributed by atoms with van der Waals surface area (Å²) >= 11 is 0. The Bertz CT molecular complexity index is 1560.